The van der Waals surface area contributed by atoms with Gasteiger partial charge in [-0.25, -0.2) is 17.9 Å². The molecule has 0 saturated carbocycles. The van der Waals surface area contributed by atoms with Crippen molar-refractivity contribution in [3.8, 4) is 0 Å². The molecular formula is C12H11N3O6S. The molecule has 1 amide bonds. The molecule has 1 heterocycles. The van der Waals surface area contributed by atoms with Crippen molar-refractivity contribution in [1.82, 2.24) is 14.9 Å². The van der Waals surface area contributed by atoms with Gasteiger partial charge in [-0.05, 0) is 19.1 Å². The van der Waals surface area contributed by atoms with Gasteiger partial charge in [-0.1, -0.05) is 17.3 Å². The van der Waals surface area contributed by atoms with Crippen molar-refractivity contribution >= 4 is 21.9 Å². The highest BCUT2D eigenvalue weighted by molar-refractivity contribution is 7.90. The van der Waals surface area contributed by atoms with Crippen molar-refractivity contribution in [2.24, 2.45) is 0 Å². The first-order valence-electron chi connectivity index (χ1n) is 5.90. The highest BCUT2D eigenvalue weighted by Gasteiger charge is 2.27. The minimum absolute atomic E-state index is 0.178. The van der Waals surface area contributed by atoms with Gasteiger partial charge in [-0.2, -0.15) is 4.98 Å². The largest absolute Gasteiger partial charge is 0.465 e. The standard InChI is InChI=1S/C12H11N3O6S/c1-7-13-11(21-14-7)10(16)15-22(18,19)9-6-4-3-5-8(9)12(17)20-2/h3-6H,1-2H3,(H,15,16). The van der Waals surface area contributed by atoms with Gasteiger partial charge in [-0.3, -0.25) is 4.79 Å². The first-order valence-corrected chi connectivity index (χ1v) is 7.38. The van der Waals surface area contributed by atoms with Gasteiger partial charge in [0.25, 0.3) is 10.0 Å². The number of carbonyl (C=O) groups is 2. The summed E-state index contributed by atoms with van der Waals surface area (Å²) in [6.07, 6.45) is 0. The zero-order valence-electron chi connectivity index (χ0n) is 11.6. The SMILES string of the molecule is COC(=O)c1ccccc1S(=O)(=O)NC(=O)c1nc(C)no1. The quantitative estimate of drug-likeness (QED) is 0.794. The lowest BCUT2D eigenvalue weighted by Crippen LogP contribution is -2.32. The van der Waals surface area contributed by atoms with E-state index in [-0.39, 0.29) is 11.4 Å². The van der Waals surface area contributed by atoms with Crippen molar-refractivity contribution in [2.75, 3.05) is 7.11 Å². The van der Waals surface area contributed by atoms with E-state index in [4.69, 9.17) is 0 Å². The number of sulfonamides is 1. The number of amides is 1. The van der Waals surface area contributed by atoms with Gasteiger partial charge in [0.15, 0.2) is 5.82 Å². The minimum atomic E-state index is -4.31. The first kappa shape index (κ1) is 15.6. The van der Waals surface area contributed by atoms with E-state index in [2.05, 4.69) is 19.4 Å². The smallest absolute Gasteiger partial charge is 0.339 e. The molecule has 9 nitrogen and oxygen atoms in total. The monoisotopic (exact) mass is 325 g/mol. The molecule has 0 aliphatic rings. The van der Waals surface area contributed by atoms with E-state index in [0.29, 0.717) is 0 Å². The van der Waals surface area contributed by atoms with Crippen LogP contribution in [-0.4, -0.2) is 37.5 Å². The normalized spacial score (nSPS) is 11.0. The number of esters is 1. The second-order valence-corrected chi connectivity index (χ2v) is 5.72. The van der Waals surface area contributed by atoms with Crippen LogP contribution in [0.4, 0.5) is 0 Å². The van der Waals surface area contributed by atoms with Gasteiger partial charge >= 0.3 is 17.8 Å². The summed E-state index contributed by atoms with van der Waals surface area (Å²) in [6.45, 7) is 1.47. The third kappa shape index (κ3) is 3.11. The van der Waals surface area contributed by atoms with Gasteiger partial charge in [0, 0.05) is 0 Å². The molecule has 0 radical (unpaired) electrons. The Hall–Kier alpha value is -2.75. The highest BCUT2D eigenvalue weighted by Crippen LogP contribution is 2.16. The maximum Gasteiger partial charge on any atom is 0.339 e. The van der Waals surface area contributed by atoms with E-state index < -0.39 is 32.7 Å². The van der Waals surface area contributed by atoms with Crippen LogP contribution in [0.1, 0.15) is 26.9 Å². The molecule has 1 aromatic carbocycles. The average molecular weight is 325 g/mol. The lowest BCUT2D eigenvalue weighted by atomic mass is 10.2. The zero-order chi connectivity index (χ0) is 16.3. The van der Waals surface area contributed by atoms with Crippen molar-refractivity contribution < 1.29 is 27.3 Å². The summed E-state index contributed by atoms with van der Waals surface area (Å²) in [6, 6.07) is 5.30. The molecule has 22 heavy (non-hydrogen) atoms. The second-order valence-electron chi connectivity index (χ2n) is 4.07. The molecule has 10 heteroatoms. The Morgan fingerprint density at radius 1 is 1.27 bits per heavy atom. The topological polar surface area (TPSA) is 128 Å². The molecule has 0 fully saturated rings. The summed E-state index contributed by atoms with van der Waals surface area (Å²) < 4.78 is 35.3. The molecule has 0 aliphatic heterocycles. The van der Waals surface area contributed by atoms with Crippen LogP contribution in [0.2, 0.25) is 0 Å². The number of carbonyl (C=O) groups excluding carboxylic acids is 2. The number of benzene rings is 1. The van der Waals surface area contributed by atoms with Crippen molar-refractivity contribution in [1.29, 1.82) is 0 Å². The molecule has 116 valence electrons. The highest BCUT2D eigenvalue weighted by atomic mass is 32.2. The summed E-state index contributed by atoms with van der Waals surface area (Å²) >= 11 is 0. The minimum Gasteiger partial charge on any atom is -0.465 e. The van der Waals surface area contributed by atoms with E-state index in [1.807, 2.05) is 0 Å². The predicted octanol–water partition coefficient (Wildman–Crippen LogP) is 0.283. The molecule has 0 atom stereocenters. The summed E-state index contributed by atoms with van der Waals surface area (Å²) in [7, 11) is -3.20. The van der Waals surface area contributed by atoms with E-state index in [1.165, 1.54) is 31.2 Å². The summed E-state index contributed by atoms with van der Waals surface area (Å²) in [5, 5.41) is 3.38. The summed E-state index contributed by atoms with van der Waals surface area (Å²) in [4.78, 5) is 26.6. The van der Waals surface area contributed by atoms with Crippen molar-refractivity contribution in [3.05, 3.63) is 41.5 Å². The fourth-order valence-electron chi connectivity index (χ4n) is 1.59. The number of rotatable bonds is 4. The number of nitrogens with one attached hydrogen (secondary N) is 1. The molecule has 0 bridgehead atoms. The lowest BCUT2D eigenvalue weighted by molar-refractivity contribution is 0.0596. The Bertz CT molecular complexity index is 827. The van der Waals surface area contributed by atoms with Gasteiger partial charge in [0.05, 0.1) is 12.7 Å². The molecule has 1 aromatic heterocycles. The Morgan fingerprint density at radius 3 is 2.55 bits per heavy atom. The Kier molecular flexibility index (Phi) is 4.22. The zero-order valence-corrected chi connectivity index (χ0v) is 12.4. The number of ether oxygens (including phenoxy) is 1. The van der Waals surface area contributed by atoms with Crippen LogP contribution in [0.5, 0.6) is 0 Å². The average Bonchev–Trinajstić information content (AvgIpc) is 2.93. The number of hydrogen-bond acceptors (Lipinski definition) is 8. The fraction of sp³-hybridized carbons (Fsp3) is 0.167. The summed E-state index contributed by atoms with van der Waals surface area (Å²) in [5.41, 5.74) is -0.202. The van der Waals surface area contributed by atoms with Crippen LogP contribution in [0.15, 0.2) is 33.7 Å². The third-order valence-corrected chi connectivity index (χ3v) is 3.92. The molecule has 0 aliphatic carbocycles. The molecule has 0 unspecified atom stereocenters. The maximum atomic E-state index is 12.2. The second kappa shape index (κ2) is 5.93. The molecular weight excluding hydrogens is 314 g/mol. The van der Waals surface area contributed by atoms with Crippen LogP contribution in [0.3, 0.4) is 0 Å². The van der Waals surface area contributed by atoms with Crippen LogP contribution in [0, 0.1) is 6.92 Å². The third-order valence-electron chi connectivity index (χ3n) is 2.53. The number of methoxy groups -OCH3 is 1. The molecule has 2 rings (SSSR count). The first-order chi connectivity index (χ1) is 10.3. The van der Waals surface area contributed by atoms with Gasteiger partial charge in [0.2, 0.25) is 0 Å². The Morgan fingerprint density at radius 2 is 1.95 bits per heavy atom. The van der Waals surface area contributed by atoms with Crippen LogP contribution in [-0.2, 0) is 14.8 Å². The van der Waals surface area contributed by atoms with Crippen molar-refractivity contribution in [3.63, 3.8) is 0 Å². The van der Waals surface area contributed by atoms with E-state index in [9.17, 15) is 18.0 Å². The van der Waals surface area contributed by atoms with Gasteiger partial charge in [0.1, 0.15) is 4.90 Å². The van der Waals surface area contributed by atoms with Gasteiger partial charge < -0.3 is 9.26 Å². The number of hydrogen-bond donors (Lipinski definition) is 1. The molecule has 0 spiro atoms. The Labute approximate surface area is 125 Å². The number of aromatic nitrogens is 2. The summed E-state index contributed by atoms with van der Waals surface area (Å²) in [5.74, 6) is -2.27. The lowest BCUT2D eigenvalue weighted by Gasteiger charge is -2.08. The predicted molar refractivity (Wildman–Crippen MR) is 71.5 cm³/mol. The number of aryl methyl sites for hydroxylation is 1. The van der Waals surface area contributed by atoms with E-state index in [1.54, 1.807) is 4.72 Å². The maximum absolute atomic E-state index is 12.2. The van der Waals surface area contributed by atoms with Crippen LogP contribution < -0.4 is 4.72 Å². The van der Waals surface area contributed by atoms with Gasteiger partial charge in [-0.15, -0.1) is 0 Å². The molecule has 1 N–H and O–H groups in total. The molecule has 2 aromatic rings. The molecule has 0 saturated heterocycles. The Balaban J connectivity index is 2.35. The van der Waals surface area contributed by atoms with E-state index >= 15 is 0 Å². The van der Waals surface area contributed by atoms with Crippen molar-refractivity contribution in [2.45, 2.75) is 11.8 Å². The van der Waals surface area contributed by atoms with E-state index in [0.717, 1.165) is 7.11 Å². The van der Waals surface area contributed by atoms with Crippen LogP contribution in [0.25, 0.3) is 0 Å². The van der Waals surface area contributed by atoms with Crippen LogP contribution >= 0.6 is 0 Å². The fourth-order valence-corrected chi connectivity index (χ4v) is 2.73. The number of nitrogens with zero attached hydrogens (tertiary/aromatic N) is 2.